The van der Waals surface area contributed by atoms with Crippen molar-refractivity contribution in [3.63, 3.8) is 0 Å². The summed E-state index contributed by atoms with van der Waals surface area (Å²) in [4.78, 5) is 11.3. The number of ether oxygens (including phenoxy) is 1. The SMILES string of the molecule is CC(=O)C(C)(C)COc1cccc(N)c1C#N. The molecule has 0 spiro atoms. The van der Waals surface area contributed by atoms with Gasteiger partial charge in [0, 0.05) is 0 Å². The monoisotopic (exact) mass is 232 g/mol. The van der Waals surface area contributed by atoms with Crippen LogP contribution in [0.4, 0.5) is 5.69 Å². The summed E-state index contributed by atoms with van der Waals surface area (Å²) in [7, 11) is 0. The van der Waals surface area contributed by atoms with E-state index in [-0.39, 0.29) is 12.4 Å². The number of anilines is 1. The molecule has 0 aliphatic rings. The molecule has 4 heteroatoms. The molecule has 0 aliphatic heterocycles. The Kier molecular flexibility index (Phi) is 3.74. The summed E-state index contributed by atoms with van der Waals surface area (Å²) in [5.74, 6) is 0.460. The molecule has 0 saturated heterocycles. The van der Waals surface area contributed by atoms with E-state index in [4.69, 9.17) is 15.7 Å². The highest BCUT2D eigenvalue weighted by molar-refractivity contribution is 5.81. The second-order valence-electron chi connectivity index (χ2n) is 4.56. The highest BCUT2D eigenvalue weighted by Crippen LogP contribution is 2.26. The molecule has 4 nitrogen and oxygen atoms in total. The lowest BCUT2D eigenvalue weighted by molar-refractivity contribution is -0.126. The van der Waals surface area contributed by atoms with Crippen LogP contribution in [0.1, 0.15) is 26.3 Å². The quantitative estimate of drug-likeness (QED) is 0.807. The molecule has 0 unspecified atom stereocenters. The zero-order valence-corrected chi connectivity index (χ0v) is 10.3. The van der Waals surface area contributed by atoms with Crippen molar-refractivity contribution in [1.29, 1.82) is 5.26 Å². The van der Waals surface area contributed by atoms with Crippen molar-refractivity contribution in [1.82, 2.24) is 0 Å². The molecule has 2 N–H and O–H groups in total. The zero-order chi connectivity index (χ0) is 13.1. The average Bonchev–Trinajstić information content (AvgIpc) is 2.26. The van der Waals surface area contributed by atoms with Gasteiger partial charge in [-0.25, -0.2) is 0 Å². The first-order valence-corrected chi connectivity index (χ1v) is 5.31. The van der Waals surface area contributed by atoms with Crippen LogP contribution >= 0.6 is 0 Å². The van der Waals surface area contributed by atoms with Gasteiger partial charge in [-0.1, -0.05) is 6.07 Å². The number of ketones is 1. The summed E-state index contributed by atoms with van der Waals surface area (Å²) in [6.07, 6.45) is 0. The minimum Gasteiger partial charge on any atom is -0.491 e. The number of Topliss-reactive ketones (excluding diaryl/α,β-unsaturated/α-hetero) is 1. The number of nitriles is 1. The van der Waals surface area contributed by atoms with Gasteiger partial charge in [0.2, 0.25) is 0 Å². The Morgan fingerprint density at radius 3 is 2.71 bits per heavy atom. The van der Waals surface area contributed by atoms with Gasteiger partial charge < -0.3 is 10.5 Å². The third-order valence-corrected chi connectivity index (χ3v) is 2.71. The number of nitrogen functional groups attached to an aromatic ring is 1. The fourth-order valence-corrected chi connectivity index (χ4v) is 1.15. The molecule has 0 radical (unpaired) electrons. The van der Waals surface area contributed by atoms with E-state index in [1.54, 1.807) is 32.0 Å². The number of carbonyl (C=O) groups is 1. The van der Waals surface area contributed by atoms with Crippen molar-refractivity contribution in [3.05, 3.63) is 23.8 Å². The number of hydrogen-bond donors (Lipinski definition) is 1. The van der Waals surface area contributed by atoms with Gasteiger partial charge in [-0.2, -0.15) is 5.26 Å². The molecular formula is C13H16N2O2. The summed E-state index contributed by atoms with van der Waals surface area (Å²) in [5, 5.41) is 8.96. The fraction of sp³-hybridized carbons (Fsp3) is 0.385. The number of nitrogens with two attached hydrogens (primary N) is 1. The Balaban J connectivity index is 2.88. The third kappa shape index (κ3) is 2.97. The van der Waals surface area contributed by atoms with Crippen LogP contribution in [0, 0.1) is 16.7 Å². The maximum Gasteiger partial charge on any atom is 0.139 e. The van der Waals surface area contributed by atoms with E-state index in [1.807, 2.05) is 6.07 Å². The zero-order valence-electron chi connectivity index (χ0n) is 10.3. The van der Waals surface area contributed by atoms with E-state index in [1.165, 1.54) is 6.92 Å². The van der Waals surface area contributed by atoms with Crippen molar-refractivity contribution in [3.8, 4) is 11.8 Å². The molecule has 17 heavy (non-hydrogen) atoms. The van der Waals surface area contributed by atoms with E-state index in [2.05, 4.69) is 0 Å². The molecule has 1 aromatic rings. The number of rotatable bonds is 4. The Hall–Kier alpha value is -2.02. The van der Waals surface area contributed by atoms with E-state index in [0.717, 1.165) is 0 Å². The summed E-state index contributed by atoms with van der Waals surface area (Å²) in [6.45, 7) is 5.34. The maximum absolute atomic E-state index is 11.3. The molecule has 0 bridgehead atoms. The number of benzene rings is 1. The Bertz CT molecular complexity index is 473. The van der Waals surface area contributed by atoms with Gasteiger partial charge in [-0.3, -0.25) is 4.79 Å². The molecule has 0 saturated carbocycles. The largest absolute Gasteiger partial charge is 0.491 e. The standard InChI is InChI=1S/C13H16N2O2/c1-9(16)13(2,3)8-17-12-6-4-5-11(15)10(12)7-14/h4-6H,8,15H2,1-3H3. The Morgan fingerprint density at radius 2 is 2.18 bits per heavy atom. The van der Waals surface area contributed by atoms with Crippen molar-refractivity contribution in [2.75, 3.05) is 12.3 Å². The maximum atomic E-state index is 11.3. The minimum atomic E-state index is -0.572. The number of carbonyl (C=O) groups excluding carboxylic acids is 1. The average molecular weight is 232 g/mol. The van der Waals surface area contributed by atoms with Crippen LogP contribution in [-0.2, 0) is 4.79 Å². The van der Waals surface area contributed by atoms with E-state index >= 15 is 0 Å². The van der Waals surface area contributed by atoms with E-state index in [0.29, 0.717) is 17.0 Å². The highest BCUT2D eigenvalue weighted by atomic mass is 16.5. The van der Waals surface area contributed by atoms with Gasteiger partial charge in [0.1, 0.15) is 29.8 Å². The summed E-state index contributed by atoms with van der Waals surface area (Å²) in [6, 6.07) is 7.02. The molecular weight excluding hydrogens is 216 g/mol. The van der Waals surface area contributed by atoms with E-state index < -0.39 is 5.41 Å². The van der Waals surface area contributed by atoms with Gasteiger partial charge in [0.05, 0.1) is 11.1 Å². The van der Waals surface area contributed by atoms with Crippen molar-refractivity contribution in [2.24, 2.45) is 5.41 Å². The fourth-order valence-electron chi connectivity index (χ4n) is 1.15. The Morgan fingerprint density at radius 1 is 1.53 bits per heavy atom. The van der Waals surface area contributed by atoms with Crippen molar-refractivity contribution >= 4 is 11.5 Å². The molecule has 0 fully saturated rings. The Labute approximate surface area is 101 Å². The number of hydrogen-bond acceptors (Lipinski definition) is 4. The summed E-state index contributed by atoms with van der Waals surface area (Å²) >= 11 is 0. The molecule has 0 atom stereocenters. The topological polar surface area (TPSA) is 76.1 Å². The molecule has 0 heterocycles. The van der Waals surface area contributed by atoms with Gasteiger partial charge in [0.15, 0.2) is 0 Å². The molecule has 1 aromatic carbocycles. The molecule has 90 valence electrons. The van der Waals surface area contributed by atoms with Crippen LogP contribution in [0.15, 0.2) is 18.2 Å². The normalized spacial score (nSPS) is 10.7. The lowest BCUT2D eigenvalue weighted by Gasteiger charge is -2.21. The second kappa shape index (κ2) is 4.88. The van der Waals surface area contributed by atoms with Crippen LogP contribution in [0.25, 0.3) is 0 Å². The third-order valence-electron chi connectivity index (χ3n) is 2.71. The van der Waals surface area contributed by atoms with Gasteiger partial charge in [-0.15, -0.1) is 0 Å². The number of nitrogens with zero attached hydrogens (tertiary/aromatic N) is 1. The predicted octanol–water partition coefficient (Wildman–Crippen LogP) is 2.13. The first-order valence-electron chi connectivity index (χ1n) is 5.31. The first kappa shape index (κ1) is 13.0. The van der Waals surface area contributed by atoms with Crippen molar-refractivity contribution < 1.29 is 9.53 Å². The first-order chi connectivity index (χ1) is 7.88. The van der Waals surface area contributed by atoms with Gasteiger partial charge in [-0.05, 0) is 32.9 Å². The van der Waals surface area contributed by atoms with Crippen LogP contribution < -0.4 is 10.5 Å². The summed E-state index contributed by atoms with van der Waals surface area (Å²) in [5.41, 5.74) is 5.78. The lowest BCUT2D eigenvalue weighted by atomic mass is 9.90. The van der Waals surface area contributed by atoms with Crippen molar-refractivity contribution in [2.45, 2.75) is 20.8 Å². The van der Waals surface area contributed by atoms with Crippen LogP contribution in [0.5, 0.6) is 5.75 Å². The summed E-state index contributed by atoms with van der Waals surface area (Å²) < 4.78 is 5.51. The highest BCUT2D eigenvalue weighted by Gasteiger charge is 2.25. The molecule has 0 aliphatic carbocycles. The minimum absolute atomic E-state index is 0.0416. The molecule has 0 amide bonds. The van der Waals surface area contributed by atoms with Crippen LogP contribution in [0.2, 0.25) is 0 Å². The van der Waals surface area contributed by atoms with Gasteiger partial charge >= 0.3 is 0 Å². The predicted molar refractivity (Wildman–Crippen MR) is 65.5 cm³/mol. The molecule has 0 aromatic heterocycles. The van der Waals surface area contributed by atoms with Crippen LogP contribution in [0.3, 0.4) is 0 Å². The molecule has 1 rings (SSSR count). The van der Waals surface area contributed by atoms with Crippen LogP contribution in [-0.4, -0.2) is 12.4 Å². The smallest absolute Gasteiger partial charge is 0.139 e. The lowest BCUT2D eigenvalue weighted by Crippen LogP contribution is -2.29. The second-order valence-corrected chi connectivity index (χ2v) is 4.56. The van der Waals surface area contributed by atoms with Gasteiger partial charge in [0.25, 0.3) is 0 Å². The van der Waals surface area contributed by atoms with E-state index in [9.17, 15) is 4.79 Å².